The number of hydrogen-bond acceptors (Lipinski definition) is 5. The van der Waals surface area contributed by atoms with Crippen molar-refractivity contribution in [2.75, 3.05) is 20.0 Å². The smallest absolute Gasteiger partial charge is 0.143 e. The van der Waals surface area contributed by atoms with E-state index in [2.05, 4.69) is 10.2 Å². The number of benzene rings is 2. The molecule has 2 aromatic rings. The molecule has 5 nitrogen and oxygen atoms in total. The summed E-state index contributed by atoms with van der Waals surface area (Å²) in [6.07, 6.45) is 0. The van der Waals surface area contributed by atoms with Crippen LogP contribution in [0.15, 0.2) is 52.7 Å². The van der Waals surface area contributed by atoms with Crippen molar-refractivity contribution in [1.82, 2.24) is 0 Å². The molecule has 0 aliphatic carbocycles. The van der Waals surface area contributed by atoms with Crippen LogP contribution in [0.3, 0.4) is 0 Å². The van der Waals surface area contributed by atoms with Gasteiger partial charge in [0.1, 0.15) is 11.5 Å². The number of nitrogen functional groups attached to an aromatic ring is 1. The van der Waals surface area contributed by atoms with Crippen LogP contribution in [0.1, 0.15) is 0 Å². The van der Waals surface area contributed by atoms with Gasteiger partial charge in [0.05, 0.1) is 31.3 Å². The third-order valence-corrected chi connectivity index (χ3v) is 2.57. The maximum Gasteiger partial charge on any atom is 0.143 e. The lowest BCUT2D eigenvalue weighted by molar-refractivity contribution is 0.415. The summed E-state index contributed by atoms with van der Waals surface area (Å²) in [5, 5.41) is 8.26. The molecule has 0 saturated carbocycles. The fraction of sp³-hybridized carbons (Fsp3) is 0.143. The molecule has 0 saturated heterocycles. The summed E-state index contributed by atoms with van der Waals surface area (Å²) >= 11 is 0. The maximum absolute atomic E-state index is 5.73. The van der Waals surface area contributed by atoms with Gasteiger partial charge < -0.3 is 15.2 Å². The molecule has 0 atom stereocenters. The van der Waals surface area contributed by atoms with E-state index >= 15 is 0 Å². The number of azo groups is 1. The summed E-state index contributed by atoms with van der Waals surface area (Å²) in [6.45, 7) is 0. The second kappa shape index (κ2) is 5.86. The van der Waals surface area contributed by atoms with Crippen LogP contribution in [0.2, 0.25) is 0 Å². The molecule has 0 radical (unpaired) electrons. The van der Waals surface area contributed by atoms with Crippen LogP contribution in [-0.2, 0) is 0 Å². The molecule has 0 amide bonds. The fourth-order valence-corrected chi connectivity index (χ4v) is 1.53. The van der Waals surface area contributed by atoms with E-state index in [0.717, 1.165) is 11.4 Å². The van der Waals surface area contributed by atoms with Gasteiger partial charge in [0.2, 0.25) is 0 Å². The molecule has 2 aromatic carbocycles. The molecule has 0 spiro atoms. The van der Waals surface area contributed by atoms with Crippen LogP contribution in [0.4, 0.5) is 17.1 Å². The van der Waals surface area contributed by atoms with Crippen molar-refractivity contribution in [3.05, 3.63) is 42.5 Å². The molecular weight excluding hydrogens is 242 g/mol. The number of methoxy groups -OCH3 is 2. The van der Waals surface area contributed by atoms with Crippen molar-refractivity contribution < 1.29 is 9.47 Å². The second-order valence-electron chi connectivity index (χ2n) is 3.82. The monoisotopic (exact) mass is 257 g/mol. The third-order valence-electron chi connectivity index (χ3n) is 2.57. The minimum absolute atomic E-state index is 0.575. The summed E-state index contributed by atoms with van der Waals surface area (Å²) in [5.74, 6) is 1.37. The number of nitrogens with two attached hydrogens (primary N) is 1. The van der Waals surface area contributed by atoms with Crippen molar-refractivity contribution in [2.45, 2.75) is 0 Å². The van der Waals surface area contributed by atoms with E-state index in [9.17, 15) is 0 Å². The second-order valence-corrected chi connectivity index (χ2v) is 3.82. The largest absolute Gasteiger partial charge is 0.497 e. The summed E-state index contributed by atoms with van der Waals surface area (Å²) in [7, 11) is 3.19. The molecule has 2 N–H and O–H groups in total. The number of ether oxygens (including phenoxy) is 2. The fourth-order valence-electron chi connectivity index (χ4n) is 1.53. The zero-order valence-corrected chi connectivity index (χ0v) is 10.8. The summed E-state index contributed by atoms with van der Waals surface area (Å²) in [4.78, 5) is 0. The number of hydrogen-bond donors (Lipinski definition) is 1. The Morgan fingerprint density at radius 1 is 0.842 bits per heavy atom. The summed E-state index contributed by atoms with van der Waals surface area (Å²) in [6, 6.07) is 12.6. The van der Waals surface area contributed by atoms with Gasteiger partial charge in [-0.3, -0.25) is 0 Å². The van der Waals surface area contributed by atoms with Crippen molar-refractivity contribution in [3.63, 3.8) is 0 Å². The van der Waals surface area contributed by atoms with Crippen molar-refractivity contribution in [1.29, 1.82) is 0 Å². The number of anilines is 1. The van der Waals surface area contributed by atoms with E-state index in [1.165, 1.54) is 0 Å². The topological polar surface area (TPSA) is 69.2 Å². The van der Waals surface area contributed by atoms with Crippen molar-refractivity contribution in [2.24, 2.45) is 10.2 Å². The highest BCUT2D eigenvalue weighted by atomic mass is 16.5. The van der Waals surface area contributed by atoms with Crippen LogP contribution < -0.4 is 15.2 Å². The van der Waals surface area contributed by atoms with Crippen LogP contribution in [-0.4, -0.2) is 14.2 Å². The van der Waals surface area contributed by atoms with E-state index < -0.39 is 0 Å². The Hall–Kier alpha value is -2.56. The van der Waals surface area contributed by atoms with Crippen LogP contribution in [0.25, 0.3) is 0 Å². The molecule has 5 heteroatoms. The van der Waals surface area contributed by atoms with E-state index in [0.29, 0.717) is 17.1 Å². The van der Waals surface area contributed by atoms with Crippen molar-refractivity contribution >= 4 is 17.1 Å². The molecule has 0 bridgehead atoms. The molecule has 0 heterocycles. The highest BCUT2D eigenvalue weighted by molar-refractivity contribution is 5.59. The Morgan fingerprint density at radius 3 is 2.11 bits per heavy atom. The molecule has 0 unspecified atom stereocenters. The quantitative estimate of drug-likeness (QED) is 0.670. The van der Waals surface area contributed by atoms with Crippen LogP contribution in [0, 0.1) is 0 Å². The summed E-state index contributed by atoms with van der Waals surface area (Å²) in [5.41, 5.74) is 7.73. The minimum Gasteiger partial charge on any atom is -0.497 e. The Morgan fingerprint density at radius 2 is 1.47 bits per heavy atom. The van der Waals surface area contributed by atoms with Gasteiger partial charge >= 0.3 is 0 Å². The molecule has 2 rings (SSSR count). The van der Waals surface area contributed by atoms with Gasteiger partial charge in [-0.25, -0.2) is 0 Å². The average Bonchev–Trinajstić information content (AvgIpc) is 2.47. The Kier molecular flexibility index (Phi) is 3.97. The van der Waals surface area contributed by atoms with E-state index in [-0.39, 0.29) is 0 Å². The lowest BCUT2D eigenvalue weighted by Crippen LogP contribution is -1.90. The normalized spacial score (nSPS) is 10.6. The first kappa shape index (κ1) is 12.9. The molecule has 98 valence electrons. The number of rotatable bonds is 4. The molecule has 0 aromatic heterocycles. The average molecular weight is 257 g/mol. The van der Waals surface area contributed by atoms with Gasteiger partial charge in [0, 0.05) is 6.07 Å². The maximum atomic E-state index is 5.73. The lowest BCUT2D eigenvalue weighted by atomic mass is 10.2. The predicted octanol–water partition coefficient (Wildman–Crippen LogP) is 3.70. The van der Waals surface area contributed by atoms with Gasteiger partial charge in [-0.15, -0.1) is 0 Å². The van der Waals surface area contributed by atoms with Gasteiger partial charge in [-0.05, 0) is 36.4 Å². The van der Waals surface area contributed by atoms with Crippen LogP contribution >= 0.6 is 0 Å². The Balaban J connectivity index is 2.17. The predicted molar refractivity (Wildman–Crippen MR) is 74.6 cm³/mol. The molecular formula is C14H15N3O2. The standard InChI is InChI=1S/C14H15N3O2/c1-18-12-6-3-10(4-7-12)16-17-11-5-8-13(15)14(9-11)19-2/h3-9H,15H2,1-2H3/b17-16+. The Bertz CT molecular complexity index is 580. The van der Waals surface area contributed by atoms with Gasteiger partial charge in [0.15, 0.2) is 0 Å². The van der Waals surface area contributed by atoms with Crippen LogP contribution in [0.5, 0.6) is 11.5 Å². The zero-order valence-electron chi connectivity index (χ0n) is 10.8. The van der Waals surface area contributed by atoms with Crippen molar-refractivity contribution in [3.8, 4) is 11.5 Å². The van der Waals surface area contributed by atoms with E-state index in [4.69, 9.17) is 15.2 Å². The summed E-state index contributed by atoms with van der Waals surface area (Å²) < 4.78 is 10.2. The lowest BCUT2D eigenvalue weighted by Gasteiger charge is -2.03. The first-order chi connectivity index (χ1) is 9.22. The zero-order chi connectivity index (χ0) is 13.7. The van der Waals surface area contributed by atoms with Gasteiger partial charge in [0.25, 0.3) is 0 Å². The highest BCUT2D eigenvalue weighted by Crippen LogP contribution is 2.28. The van der Waals surface area contributed by atoms with Gasteiger partial charge in [-0.1, -0.05) is 0 Å². The van der Waals surface area contributed by atoms with E-state index in [1.807, 2.05) is 24.3 Å². The van der Waals surface area contributed by atoms with E-state index in [1.54, 1.807) is 32.4 Å². The first-order valence-corrected chi connectivity index (χ1v) is 5.72. The Labute approximate surface area is 111 Å². The van der Waals surface area contributed by atoms with Gasteiger partial charge in [-0.2, -0.15) is 10.2 Å². The molecule has 19 heavy (non-hydrogen) atoms. The number of nitrogens with zero attached hydrogens (tertiary/aromatic N) is 2. The molecule has 0 aliphatic heterocycles. The third kappa shape index (κ3) is 3.22. The SMILES string of the molecule is COc1ccc(/N=N/c2ccc(N)c(OC)c2)cc1. The minimum atomic E-state index is 0.575. The molecule has 0 aliphatic rings. The molecule has 0 fully saturated rings. The highest BCUT2D eigenvalue weighted by Gasteiger charge is 2.00. The first-order valence-electron chi connectivity index (χ1n) is 5.72.